The zero-order valence-corrected chi connectivity index (χ0v) is 12.9. The van der Waals surface area contributed by atoms with Crippen LogP contribution >= 0.6 is 12.2 Å². The van der Waals surface area contributed by atoms with E-state index < -0.39 is 0 Å². The molecule has 21 heavy (non-hydrogen) atoms. The summed E-state index contributed by atoms with van der Waals surface area (Å²) in [5, 5.41) is 0. The molecule has 1 aromatic heterocycles. The van der Waals surface area contributed by atoms with Crippen LogP contribution in [0.25, 0.3) is 0 Å². The second-order valence-corrected chi connectivity index (χ2v) is 6.49. The van der Waals surface area contributed by atoms with Crippen molar-refractivity contribution in [3.8, 4) is 0 Å². The second-order valence-electron chi connectivity index (χ2n) is 6.05. The number of likely N-dealkylation sites (tertiary alicyclic amines) is 1. The Labute approximate surface area is 130 Å². The lowest BCUT2D eigenvalue weighted by Gasteiger charge is -2.44. The number of rotatable bonds is 2. The molecule has 0 radical (unpaired) electrons. The van der Waals surface area contributed by atoms with Crippen molar-refractivity contribution in [1.82, 2.24) is 9.88 Å². The smallest absolute Gasteiger partial charge is 0.272 e. The largest absolute Gasteiger partial charge is 0.389 e. The number of amides is 1. The van der Waals surface area contributed by atoms with Crippen molar-refractivity contribution in [3.05, 3.63) is 29.6 Å². The van der Waals surface area contributed by atoms with Gasteiger partial charge in [-0.2, -0.15) is 0 Å². The van der Waals surface area contributed by atoms with Crippen molar-refractivity contribution in [2.24, 2.45) is 11.7 Å². The Morgan fingerprint density at radius 2 is 2.00 bits per heavy atom. The predicted molar refractivity (Wildman–Crippen MR) is 86.1 cm³/mol. The van der Waals surface area contributed by atoms with Crippen molar-refractivity contribution in [2.75, 3.05) is 6.54 Å². The zero-order valence-electron chi connectivity index (χ0n) is 12.1. The van der Waals surface area contributed by atoms with Crippen LogP contribution in [0.4, 0.5) is 0 Å². The third-order valence-corrected chi connectivity index (χ3v) is 5.01. The van der Waals surface area contributed by atoms with Crippen molar-refractivity contribution < 1.29 is 4.79 Å². The molecule has 1 saturated heterocycles. The monoisotopic (exact) mass is 303 g/mol. The summed E-state index contributed by atoms with van der Waals surface area (Å²) in [5.74, 6) is 0.744. The maximum Gasteiger partial charge on any atom is 0.272 e. The van der Waals surface area contributed by atoms with Crippen LogP contribution in [0.5, 0.6) is 0 Å². The van der Waals surface area contributed by atoms with Gasteiger partial charge in [0.05, 0.1) is 0 Å². The number of carbonyl (C=O) groups is 1. The highest BCUT2D eigenvalue weighted by Gasteiger charge is 2.36. The van der Waals surface area contributed by atoms with Gasteiger partial charge in [-0.25, -0.2) is 0 Å². The molecule has 2 atom stereocenters. The van der Waals surface area contributed by atoms with Crippen molar-refractivity contribution in [1.29, 1.82) is 0 Å². The van der Waals surface area contributed by atoms with Crippen molar-refractivity contribution in [2.45, 2.75) is 44.6 Å². The Morgan fingerprint density at radius 3 is 2.71 bits per heavy atom. The summed E-state index contributed by atoms with van der Waals surface area (Å²) in [6.07, 6.45) is 8.92. The molecule has 0 spiro atoms. The minimum Gasteiger partial charge on any atom is -0.389 e. The summed E-state index contributed by atoms with van der Waals surface area (Å²) in [6, 6.07) is 3.94. The molecule has 0 aromatic carbocycles. The van der Waals surface area contributed by atoms with Crippen LogP contribution in [0, 0.1) is 5.92 Å². The number of thiocarbonyl (C=S) groups is 1. The van der Waals surface area contributed by atoms with Gasteiger partial charge < -0.3 is 10.6 Å². The molecule has 2 aliphatic rings. The number of nitrogens with zero attached hydrogens (tertiary/aromatic N) is 2. The third-order valence-electron chi connectivity index (χ3n) is 4.77. The molecule has 112 valence electrons. The molecule has 3 rings (SSSR count). The van der Waals surface area contributed by atoms with Gasteiger partial charge in [-0.05, 0) is 43.7 Å². The van der Waals surface area contributed by atoms with E-state index in [0.717, 1.165) is 19.4 Å². The number of pyridine rings is 1. The van der Waals surface area contributed by atoms with Crippen LogP contribution in [-0.2, 0) is 0 Å². The van der Waals surface area contributed by atoms with Gasteiger partial charge in [0.15, 0.2) is 0 Å². The molecule has 1 aliphatic heterocycles. The van der Waals surface area contributed by atoms with Crippen LogP contribution < -0.4 is 5.73 Å². The van der Waals surface area contributed by atoms with E-state index in [2.05, 4.69) is 9.88 Å². The number of hydrogen-bond acceptors (Lipinski definition) is 3. The summed E-state index contributed by atoms with van der Waals surface area (Å²) in [7, 11) is 0. The molecule has 2 heterocycles. The van der Waals surface area contributed by atoms with E-state index in [-0.39, 0.29) is 5.91 Å². The van der Waals surface area contributed by atoms with Crippen LogP contribution in [-0.4, -0.2) is 33.4 Å². The van der Waals surface area contributed by atoms with Gasteiger partial charge in [0, 0.05) is 24.3 Å². The molecule has 5 heteroatoms. The highest BCUT2D eigenvalue weighted by atomic mass is 32.1. The summed E-state index contributed by atoms with van der Waals surface area (Å²) >= 11 is 4.91. The maximum atomic E-state index is 12.7. The normalized spacial score (nSPS) is 25.2. The summed E-state index contributed by atoms with van der Waals surface area (Å²) in [6.45, 7) is 0.860. The lowest BCUT2D eigenvalue weighted by Crippen LogP contribution is -2.49. The summed E-state index contributed by atoms with van der Waals surface area (Å²) in [5.41, 5.74) is 6.77. The molecule has 1 aliphatic carbocycles. The van der Waals surface area contributed by atoms with Gasteiger partial charge in [-0.15, -0.1) is 0 Å². The number of carbonyl (C=O) groups excluding carboxylic acids is 1. The Bertz CT molecular complexity index is 541. The quantitative estimate of drug-likeness (QED) is 0.853. The Hall–Kier alpha value is -1.49. The number of aromatic nitrogens is 1. The van der Waals surface area contributed by atoms with E-state index in [0.29, 0.717) is 28.2 Å². The van der Waals surface area contributed by atoms with Crippen LogP contribution in [0.1, 0.15) is 54.6 Å². The molecule has 4 nitrogen and oxygen atoms in total. The fraction of sp³-hybridized carbons (Fsp3) is 0.562. The average Bonchev–Trinajstić information content (AvgIpc) is 2.53. The average molecular weight is 303 g/mol. The topological polar surface area (TPSA) is 59.2 Å². The van der Waals surface area contributed by atoms with Crippen LogP contribution in [0.3, 0.4) is 0 Å². The van der Waals surface area contributed by atoms with E-state index >= 15 is 0 Å². The fourth-order valence-corrected chi connectivity index (χ4v) is 3.81. The first-order chi connectivity index (χ1) is 10.2. The van der Waals surface area contributed by atoms with Gasteiger partial charge in [0.2, 0.25) is 0 Å². The Morgan fingerprint density at radius 1 is 1.24 bits per heavy atom. The van der Waals surface area contributed by atoms with Gasteiger partial charge in [-0.1, -0.05) is 25.1 Å². The molecule has 2 N–H and O–H groups in total. The number of piperidine rings is 1. The molecule has 2 unspecified atom stereocenters. The van der Waals surface area contributed by atoms with E-state index in [1.807, 2.05) is 0 Å². The SMILES string of the molecule is NC(=S)c1ccc(C(=O)N2CCCC3CCCCC32)nc1. The van der Waals surface area contributed by atoms with Gasteiger partial charge in [0.25, 0.3) is 5.91 Å². The van der Waals surface area contributed by atoms with E-state index in [4.69, 9.17) is 18.0 Å². The van der Waals surface area contributed by atoms with Gasteiger partial charge in [0.1, 0.15) is 10.7 Å². The van der Waals surface area contributed by atoms with E-state index in [9.17, 15) is 4.79 Å². The highest BCUT2D eigenvalue weighted by molar-refractivity contribution is 7.80. The molecule has 0 bridgehead atoms. The number of fused-ring (bicyclic) bond motifs is 1. The predicted octanol–water partition coefficient (Wildman–Crippen LogP) is 2.51. The van der Waals surface area contributed by atoms with E-state index in [1.165, 1.54) is 25.7 Å². The first-order valence-corrected chi connectivity index (χ1v) is 8.14. The van der Waals surface area contributed by atoms with Crippen LogP contribution in [0.2, 0.25) is 0 Å². The maximum absolute atomic E-state index is 12.7. The standard InChI is InChI=1S/C16H21N3OS/c17-15(21)12-7-8-13(18-10-12)16(20)19-9-3-5-11-4-1-2-6-14(11)19/h7-8,10-11,14H,1-6,9H2,(H2,17,21). The molecule has 1 amide bonds. The number of nitrogens with two attached hydrogens (primary N) is 1. The minimum atomic E-state index is 0.0566. The van der Waals surface area contributed by atoms with Crippen molar-refractivity contribution in [3.63, 3.8) is 0 Å². The number of hydrogen-bond donors (Lipinski definition) is 1. The van der Waals surface area contributed by atoms with Gasteiger partial charge >= 0.3 is 0 Å². The summed E-state index contributed by atoms with van der Waals surface area (Å²) in [4.78, 5) is 19.4. The van der Waals surface area contributed by atoms with Gasteiger partial charge in [-0.3, -0.25) is 9.78 Å². The zero-order chi connectivity index (χ0) is 14.8. The minimum absolute atomic E-state index is 0.0566. The lowest BCUT2D eigenvalue weighted by molar-refractivity contribution is 0.0385. The molecule has 2 fully saturated rings. The first kappa shape index (κ1) is 14.4. The highest BCUT2D eigenvalue weighted by Crippen LogP contribution is 2.35. The fourth-order valence-electron chi connectivity index (χ4n) is 3.69. The second kappa shape index (κ2) is 6.10. The Balaban J connectivity index is 1.78. The first-order valence-electron chi connectivity index (χ1n) is 7.73. The molecular formula is C16H21N3OS. The summed E-state index contributed by atoms with van der Waals surface area (Å²) < 4.78 is 0. The third kappa shape index (κ3) is 2.93. The Kier molecular flexibility index (Phi) is 4.19. The van der Waals surface area contributed by atoms with Crippen LogP contribution in [0.15, 0.2) is 18.3 Å². The lowest BCUT2D eigenvalue weighted by atomic mass is 9.78. The molecule has 1 saturated carbocycles. The van der Waals surface area contributed by atoms with Crippen molar-refractivity contribution >= 4 is 23.1 Å². The van der Waals surface area contributed by atoms with E-state index in [1.54, 1.807) is 18.3 Å². The molecular weight excluding hydrogens is 282 g/mol. The molecule has 1 aromatic rings.